The van der Waals surface area contributed by atoms with E-state index in [4.69, 9.17) is 9.47 Å². The zero-order valence-electron chi connectivity index (χ0n) is 18.5. The van der Waals surface area contributed by atoms with E-state index < -0.39 is 23.8 Å². The monoisotopic (exact) mass is 454 g/mol. The van der Waals surface area contributed by atoms with Gasteiger partial charge in [-0.15, -0.1) is 0 Å². The van der Waals surface area contributed by atoms with Gasteiger partial charge >= 0.3 is 5.97 Å². The highest BCUT2D eigenvalue weighted by Gasteiger charge is 2.32. The lowest BCUT2D eigenvalue weighted by molar-refractivity contribution is -0.160. The van der Waals surface area contributed by atoms with E-state index in [0.29, 0.717) is 38.0 Å². The minimum Gasteiger partial charge on any atom is -0.493 e. The van der Waals surface area contributed by atoms with Crippen LogP contribution in [-0.2, 0) is 14.3 Å². The highest BCUT2D eigenvalue weighted by Crippen LogP contribution is 2.31. The number of carbonyl (C=O) groups excluding carboxylic acids is 3. The molecule has 1 fully saturated rings. The Bertz CT molecular complexity index is 1030. The zero-order valence-corrected chi connectivity index (χ0v) is 18.5. The summed E-state index contributed by atoms with van der Waals surface area (Å²) in [6, 6.07) is 12.7. The molecule has 174 valence electrons. The fraction of sp³-hybridized carbons (Fsp3) is 0.400. The van der Waals surface area contributed by atoms with E-state index in [1.165, 1.54) is 24.3 Å². The summed E-state index contributed by atoms with van der Waals surface area (Å²) in [5, 5.41) is 2.94. The number of carbonyl (C=O) groups is 3. The number of hydrogen-bond acceptors (Lipinski definition) is 5. The van der Waals surface area contributed by atoms with Gasteiger partial charge in [-0.2, -0.15) is 0 Å². The van der Waals surface area contributed by atoms with Crippen LogP contribution in [0.2, 0.25) is 0 Å². The maximum atomic E-state index is 13.1. The van der Waals surface area contributed by atoms with E-state index >= 15 is 0 Å². The Labute approximate surface area is 191 Å². The number of halogens is 1. The van der Waals surface area contributed by atoms with Gasteiger partial charge in [-0.05, 0) is 50.1 Å². The summed E-state index contributed by atoms with van der Waals surface area (Å²) in [7, 11) is 0. The van der Waals surface area contributed by atoms with Crippen molar-refractivity contribution in [3.05, 3.63) is 65.5 Å². The van der Waals surface area contributed by atoms with Gasteiger partial charge in [0.25, 0.3) is 11.8 Å². The predicted octanol–water partition coefficient (Wildman–Crippen LogP) is 3.25. The first-order valence-electron chi connectivity index (χ1n) is 11.2. The molecule has 7 nitrogen and oxygen atoms in total. The summed E-state index contributed by atoms with van der Waals surface area (Å²) in [5.74, 6) is -1.31. The van der Waals surface area contributed by atoms with Gasteiger partial charge in [0, 0.05) is 30.6 Å². The normalized spacial score (nSPS) is 20.7. The molecule has 3 unspecified atom stereocenters. The van der Waals surface area contributed by atoms with Crippen molar-refractivity contribution in [2.45, 2.75) is 38.3 Å². The molecule has 0 radical (unpaired) electrons. The van der Waals surface area contributed by atoms with Crippen molar-refractivity contribution in [2.24, 2.45) is 5.92 Å². The second-order valence-electron chi connectivity index (χ2n) is 8.41. The van der Waals surface area contributed by atoms with Gasteiger partial charge in [0.05, 0.1) is 18.6 Å². The molecular formula is C25H27FN2O5. The van der Waals surface area contributed by atoms with Crippen LogP contribution in [0.15, 0.2) is 48.5 Å². The summed E-state index contributed by atoms with van der Waals surface area (Å²) in [6.45, 7) is 2.76. The second-order valence-corrected chi connectivity index (χ2v) is 8.41. The molecule has 2 aromatic carbocycles. The molecule has 3 atom stereocenters. The number of esters is 1. The molecule has 2 heterocycles. The number of amides is 2. The van der Waals surface area contributed by atoms with E-state index in [9.17, 15) is 18.8 Å². The van der Waals surface area contributed by atoms with Gasteiger partial charge in [-0.1, -0.05) is 18.2 Å². The third-order valence-corrected chi connectivity index (χ3v) is 6.07. The van der Waals surface area contributed by atoms with Crippen LogP contribution in [-0.4, -0.2) is 48.5 Å². The van der Waals surface area contributed by atoms with E-state index in [1.54, 1.807) is 11.8 Å². The number of piperidine rings is 1. The third-order valence-electron chi connectivity index (χ3n) is 6.07. The van der Waals surface area contributed by atoms with Gasteiger partial charge < -0.3 is 19.7 Å². The lowest BCUT2D eigenvalue weighted by atomic mass is 9.97. The van der Waals surface area contributed by atoms with Crippen molar-refractivity contribution in [3.63, 3.8) is 0 Å². The lowest BCUT2D eigenvalue weighted by Gasteiger charge is -2.32. The Morgan fingerprint density at radius 1 is 1.12 bits per heavy atom. The topological polar surface area (TPSA) is 84.9 Å². The van der Waals surface area contributed by atoms with Crippen LogP contribution < -0.4 is 10.1 Å². The number of nitrogens with one attached hydrogen (secondary N) is 1. The van der Waals surface area contributed by atoms with Crippen molar-refractivity contribution < 1.29 is 28.2 Å². The molecular weight excluding hydrogens is 427 g/mol. The first kappa shape index (κ1) is 22.8. The molecule has 0 spiro atoms. The van der Waals surface area contributed by atoms with Gasteiger partial charge in [0.15, 0.2) is 6.10 Å². The summed E-state index contributed by atoms with van der Waals surface area (Å²) in [6.07, 6.45) is 0.891. The SMILES string of the molecule is CC(OC(=O)C1CCCN(C(=O)c2ccc(F)cc2)C1)C(=O)NC1CCOc2ccccc21. The maximum Gasteiger partial charge on any atom is 0.311 e. The van der Waals surface area contributed by atoms with Gasteiger partial charge in [-0.3, -0.25) is 14.4 Å². The number of para-hydroxylation sites is 1. The number of benzene rings is 2. The van der Waals surface area contributed by atoms with Crippen LogP contribution in [0.4, 0.5) is 4.39 Å². The maximum absolute atomic E-state index is 13.1. The van der Waals surface area contributed by atoms with Crippen molar-refractivity contribution in [3.8, 4) is 5.75 Å². The summed E-state index contributed by atoms with van der Waals surface area (Å²) in [5.41, 5.74) is 1.27. The molecule has 2 amide bonds. The molecule has 0 saturated carbocycles. The largest absolute Gasteiger partial charge is 0.493 e. The Kier molecular flexibility index (Phi) is 6.91. The Morgan fingerprint density at radius 2 is 1.88 bits per heavy atom. The number of fused-ring (bicyclic) bond motifs is 1. The molecule has 1 saturated heterocycles. The second kappa shape index (κ2) is 10.0. The quantitative estimate of drug-likeness (QED) is 0.701. The molecule has 33 heavy (non-hydrogen) atoms. The average molecular weight is 454 g/mol. The van der Waals surface area contributed by atoms with Gasteiger partial charge in [0.2, 0.25) is 0 Å². The molecule has 0 aliphatic carbocycles. The molecule has 0 aromatic heterocycles. The highest BCUT2D eigenvalue weighted by molar-refractivity contribution is 5.94. The van der Waals surface area contributed by atoms with Crippen LogP contribution in [0.25, 0.3) is 0 Å². The molecule has 1 N–H and O–H groups in total. The van der Waals surface area contributed by atoms with E-state index in [-0.39, 0.29) is 24.4 Å². The third kappa shape index (κ3) is 5.32. The van der Waals surface area contributed by atoms with Crippen LogP contribution in [0.1, 0.15) is 48.1 Å². The summed E-state index contributed by atoms with van der Waals surface area (Å²) < 4.78 is 24.2. The molecule has 0 bridgehead atoms. The van der Waals surface area contributed by atoms with Crippen molar-refractivity contribution in [1.82, 2.24) is 10.2 Å². The van der Waals surface area contributed by atoms with Crippen LogP contribution in [0.3, 0.4) is 0 Å². The smallest absolute Gasteiger partial charge is 0.311 e. The van der Waals surface area contributed by atoms with Crippen LogP contribution >= 0.6 is 0 Å². The number of rotatable bonds is 5. The fourth-order valence-electron chi connectivity index (χ4n) is 4.23. The molecule has 8 heteroatoms. The van der Waals surface area contributed by atoms with E-state index in [0.717, 1.165) is 11.3 Å². The standard InChI is InChI=1S/C25H27FN2O5/c1-16(23(29)27-21-12-14-32-22-7-3-2-6-20(21)22)33-25(31)18-5-4-13-28(15-18)24(30)17-8-10-19(26)11-9-17/h2-3,6-11,16,18,21H,4-5,12-15H2,1H3,(H,27,29). The zero-order chi connectivity index (χ0) is 23.4. The molecule has 2 aliphatic rings. The molecule has 2 aliphatic heterocycles. The predicted molar refractivity (Wildman–Crippen MR) is 118 cm³/mol. The van der Waals surface area contributed by atoms with Crippen LogP contribution in [0.5, 0.6) is 5.75 Å². The fourth-order valence-corrected chi connectivity index (χ4v) is 4.23. The van der Waals surface area contributed by atoms with Crippen molar-refractivity contribution in [2.75, 3.05) is 19.7 Å². The van der Waals surface area contributed by atoms with Crippen molar-refractivity contribution >= 4 is 17.8 Å². The average Bonchev–Trinajstić information content (AvgIpc) is 2.84. The number of likely N-dealkylation sites (tertiary alicyclic amines) is 1. The van der Waals surface area contributed by atoms with E-state index in [1.807, 2.05) is 24.3 Å². The van der Waals surface area contributed by atoms with Gasteiger partial charge in [0.1, 0.15) is 11.6 Å². The molecule has 2 aromatic rings. The molecule has 4 rings (SSSR count). The summed E-state index contributed by atoms with van der Waals surface area (Å²) >= 11 is 0. The first-order chi connectivity index (χ1) is 15.9. The van der Waals surface area contributed by atoms with Crippen molar-refractivity contribution in [1.29, 1.82) is 0 Å². The number of nitrogens with zero attached hydrogens (tertiary/aromatic N) is 1. The van der Waals surface area contributed by atoms with E-state index in [2.05, 4.69) is 5.32 Å². The minimum absolute atomic E-state index is 0.205. The Morgan fingerprint density at radius 3 is 2.67 bits per heavy atom. The minimum atomic E-state index is -0.962. The first-order valence-corrected chi connectivity index (χ1v) is 11.2. The lowest BCUT2D eigenvalue weighted by Crippen LogP contribution is -2.45. The number of ether oxygens (including phenoxy) is 2. The number of hydrogen-bond donors (Lipinski definition) is 1. The van der Waals surface area contributed by atoms with Crippen LogP contribution in [0, 0.1) is 11.7 Å². The Balaban J connectivity index is 1.32. The Hall–Kier alpha value is -3.42. The summed E-state index contributed by atoms with van der Waals surface area (Å²) in [4.78, 5) is 39.7. The highest BCUT2D eigenvalue weighted by atomic mass is 19.1. The van der Waals surface area contributed by atoms with Gasteiger partial charge in [-0.25, -0.2) is 4.39 Å².